The molecule has 112 valence electrons. The average Bonchev–Trinajstić information content (AvgIpc) is 2.45. The molecule has 0 aliphatic carbocycles. The third-order valence-electron chi connectivity index (χ3n) is 2.64. The van der Waals surface area contributed by atoms with E-state index in [2.05, 4.69) is 10.3 Å². The number of nitrogens with zero attached hydrogens (tertiary/aromatic N) is 1. The van der Waals surface area contributed by atoms with Crippen LogP contribution in [0.25, 0.3) is 0 Å². The van der Waals surface area contributed by atoms with Crippen LogP contribution < -0.4 is 15.8 Å². The molecular formula is C14H14F3N3O. The van der Waals surface area contributed by atoms with Gasteiger partial charge in [-0.1, -0.05) is 0 Å². The minimum absolute atomic E-state index is 0.158. The van der Waals surface area contributed by atoms with Crippen molar-refractivity contribution in [3.8, 4) is 5.75 Å². The number of nitrogen functional groups attached to an aromatic ring is 1. The lowest BCUT2D eigenvalue weighted by Crippen LogP contribution is -2.13. The second-order valence-electron chi connectivity index (χ2n) is 4.27. The van der Waals surface area contributed by atoms with Crippen LogP contribution in [0.5, 0.6) is 5.75 Å². The van der Waals surface area contributed by atoms with Gasteiger partial charge in [-0.2, -0.15) is 13.2 Å². The first kappa shape index (κ1) is 15.0. The first-order valence-electron chi connectivity index (χ1n) is 6.20. The highest BCUT2D eigenvalue weighted by Gasteiger charge is 2.30. The van der Waals surface area contributed by atoms with Gasteiger partial charge >= 0.3 is 6.18 Å². The maximum atomic E-state index is 12.5. The maximum absolute atomic E-state index is 12.5. The van der Waals surface area contributed by atoms with E-state index in [-0.39, 0.29) is 5.82 Å². The molecule has 21 heavy (non-hydrogen) atoms. The fraction of sp³-hybridized carbons (Fsp3) is 0.214. The SMILES string of the molecule is Nc1ccc(OCCNc2cc(C(F)(F)F)ccn2)cc1. The molecule has 0 atom stereocenters. The van der Waals surface area contributed by atoms with E-state index in [1.54, 1.807) is 24.3 Å². The molecule has 0 amide bonds. The topological polar surface area (TPSA) is 60.2 Å². The number of nitrogens with two attached hydrogens (primary N) is 1. The van der Waals surface area contributed by atoms with Crippen molar-refractivity contribution in [2.75, 3.05) is 24.2 Å². The Labute approximate surface area is 119 Å². The first-order valence-corrected chi connectivity index (χ1v) is 6.20. The smallest absolute Gasteiger partial charge is 0.416 e. The van der Waals surface area contributed by atoms with Crippen LogP contribution in [0.15, 0.2) is 42.6 Å². The predicted molar refractivity (Wildman–Crippen MR) is 74.1 cm³/mol. The second-order valence-corrected chi connectivity index (χ2v) is 4.27. The van der Waals surface area contributed by atoms with E-state index in [4.69, 9.17) is 10.5 Å². The van der Waals surface area contributed by atoms with Gasteiger partial charge in [-0.05, 0) is 36.4 Å². The minimum atomic E-state index is -4.38. The van der Waals surface area contributed by atoms with E-state index in [9.17, 15) is 13.2 Å². The first-order chi connectivity index (χ1) is 9.95. The van der Waals surface area contributed by atoms with Gasteiger partial charge in [0.1, 0.15) is 18.2 Å². The van der Waals surface area contributed by atoms with Crippen molar-refractivity contribution >= 4 is 11.5 Å². The van der Waals surface area contributed by atoms with Crippen LogP contribution >= 0.6 is 0 Å². The molecule has 4 nitrogen and oxygen atoms in total. The van der Waals surface area contributed by atoms with Crippen LogP contribution in [0.1, 0.15) is 5.56 Å². The van der Waals surface area contributed by atoms with Crippen LogP contribution in [0.2, 0.25) is 0 Å². The Balaban J connectivity index is 1.82. The molecule has 0 saturated carbocycles. The van der Waals surface area contributed by atoms with Crippen LogP contribution in [0.4, 0.5) is 24.7 Å². The van der Waals surface area contributed by atoms with E-state index in [0.717, 1.165) is 18.3 Å². The number of anilines is 2. The second kappa shape index (κ2) is 6.34. The van der Waals surface area contributed by atoms with Crippen LogP contribution in [0, 0.1) is 0 Å². The molecule has 0 saturated heterocycles. The predicted octanol–water partition coefficient (Wildman–Crippen LogP) is 3.17. The Morgan fingerprint density at radius 1 is 1.14 bits per heavy atom. The minimum Gasteiger partial charge on any atom is -0.492 e. The van der Waals surface area contributed by atoms with Crippen molar-refractivity contribution in [1.29, 1.82) is 0 Å². The molecule has 0 aliphatic rings. The molecule has 0 bridgehead atoms. The number of rotatable bonds is 5. The normalized spacial score (nSPS) is 11.2. The molecule has 7 heteroatoms. The van der Waals surface area contributed by atoms with Gasteiger partial charge in [0, 0.05) is 11.9 Å². The van der Waals surface area contributed by atoms with Gasteiger partial charge in [-0.3, -0.25) is 0 Å². The Hall–Kier alpha value is -2.44. The number of hydrogen-bond donors (Lipinski definition) is 2. The standard InChI is InChI=1S/C14H14F3N3O/c15-14(16,17)10-5-6-19-13(9-10)20-7-8-21-12-3-1-11(18)2-4-12/h1-6,9H,7-8,18H2,(H,19,20). The number of alkyl halides is 3. The Morgan fingerprint density at radius 3 is 2.52 bits per heavy atom. The Bertz CT molecular complexity index is 585. The summed E-state index contributed by atoms with van der Waals surface area (Å²) in [7, 11) is 0. The Morgan fingerprint density at radius 2 is 1.86 bits per heavy atom. The lowest BCUT2D eigenvalue weighted by molar-refractivity contribution is -0.137. The number of nitrogens with one attached hydrogen (secondary N) is 1. The summed E-state index contributed by atoms with van der Waals surface area (Å²) >= 11 is 0. The van der Waals surface area contributed by atoms with Crippen molar-refractivity contribution in [1.82, 2.24) is 4.98 Å². The van der Waals surface area contributed by atoms with Crippen molar-refractivity contribution < 1.29 is 17.9 Å². The lowest BCUT2D eigenvalue weighted by atomic mass is 10.2. The van der Waals surface area contributed by atoms with Gasteiger partial charge in [0.2, 0.25) is 0 Å². The van der Waals surface area contributed by atoms with Crippen molar-refractivity contribution in [2.24, 2.45) is 0 Å². The molecule has 0 unspecified atom stereocenters. The number of halogens is 3. The molecule has 3 N–H and O–H groups in total. The highest BCUT2D eigenvalue weighted by molar-refractivity contribution is 5.41. The summed E-state index contributed by atoms with van der Waals surface area (Å²) < 4.78 is 43.0. The molecule has 0 fully saturated rings. The summed E-state index contributed by atoms with van der Waals surface area (Å²) in [5.74, 6) is 0.800. The monoisotopic (exact) mass is 297 g/mol. The fourth-order valence-electron chi connectivity index (χ4n) is 1.62. The van der Waals surface area contributed by atoms with E-state index in [1.807, 2.05) is 0 Å². The largest absolute Gasteiger partial charge is 0.492 e. The number of benzene rings is 1. The van der Waals surface area contributed by atoms with Crippen LogP contribution in [-0.4, -0.2) is 18.1 Å². The summed E-state index contributed by atoms with van der Waals surface area (Å²) in [6.45, 7) is 0.626. The molecule has 1 aromatic carbocycles. The van der Waals surface area contributed by atoms with Crippen LogP contribution in [-0.2, 0) is 6.18 Å². The molecule has 1 aromatic heterocycles. The van der Waals surface area contributed by atoms with E-state index in [0.29, 0.717) is 24.6 Å². The molecular weight excluding hydrogens is 283 g/mol. The van der Waals surface area contributed by atoms with Crippen molar-refractivity contribution in [2.45, 2.75) is 6.18 Å². The van der Waals surface area contributed by atoms with Gasteiger partial charge in [0.15, 0.2) is 0 Å². The Kier molecular flexibility index (Phi) is 4.52. The zero-order valence-electron chi connectivity index (χ0n) is 11.0. The maximum Gasteiger partial charge on any atom is 0.416 e. The summed E-state index contributed by atoms with van der Waals surface area (Å²) in [4.78, 5) is 3.83. The third kappa shape index (κ3) is 4.55. The van der Waals surface area contributed by atoms with Gasteiger partial charge in [0.25, 0.3) is 0 Å². The molecule has 2 aromatic rings. The fourth-order valence-corrected chi connectivity index (χ4v) is 1.62. The van der Waals surface area contributed by atoms with E-state index >= 15 is 0 Å². The van der Waals surface area contributed by atoms with Crippen molar-refractivity contribution in [3.05, 3.63) is 48.2 Å². The van der Waals surface area contributed by atoms with Crippen molar-refractivity contribution in [3.63, 3.8) is 0 Å². The highest BCUT2D eigenvalue weighted by Crippen LogP contribution is 2.29. The summed E-state index contributed by atoms with van der Waals surface area (Å²) in [5, 5.41) is 2.78. The molecule has 0 radical (unpaired) electrons. The van der Waals surface area contributed by atoms with E-state index in [1.165, 1.54) is 0 Å². The third-order valence-corrected chi connectivity index (χ3v) is 2.64. The van der Waals surface area contributed by atoms with E-state index < -0.39 is 11.7 Å². The quantitative estimate of drug-likeness (QED) is 0.657. The number of ether oxygens (including phenoxy) is 1. The summed E-state index contributed by atoms with van der Waals surface area (Å²) in [5.41, 5.74) is 5.44. The molecule has 1 heterocycles. The van der Waals surface area contributed by atoms with Gasteiger partial charge in [-0.15, -0.1) is 0 Å². The zero-order chi connectivity index (χ0) is 15.3. The van der Waals surface area contributed by atoms with Gasteiger partial charge in [-0.25, -0.2) is 4.98 Å². The summed E-state index contributed by atoms with van der Waals surface area (Å²) in [6.07, 6.45) is -3.26. The van der Waals surface area contributed by atoms with Gasteiger partial charge < -0.3 is 15.8 Å². The number of pyridine rings is 1. The molecule has 0 spiro atoms. The zero-order valence-corrected chi connectivity index (χ0v) is 11.0. The number of aromatic nitrogens is 1. The highest BCUT2D eigenvalue weighted by atomic mass is 19.4. The van der Waals surface area contributed by atoms with Gasteiger partial charge in [0.05, 0.1) is 12.1 Å². The number of hydrogen-bond acceptors (Lipinski definition) is 4. The van der Waals surface area contributed by atoms with Crippen LogP contribution in [0.3, 0.4) is 0 Å². The molecule has 2 rings (SSSR count). The summed E-state index contributed by atoms with van der Waals surface area (Å²) in [6, 6.07) is 8.74. The molecule has 0 aliphatic heterocycles. The average molecular weight is 297 g/mol. The lowest BCUT2D eigenvalue weighted by Gasteiger charge is -2.10.